The second kappa shape index (κ2) is 13.6. The fourth-order valence-corrected chi connectivity index (χ4v) is 6.20. The lowest BCUT2D eigenvalue weighted by molar-refractivity contribution is 0.225. The molecule has 2 fully saturated rings. The lowest BCUT2D eigenvalue weighted by Crippen LogP contribution is -2.17. The summed E-state index contributed by atoms with van der Waals surface area (Å²) >= 11 is 0. The van der Waals surface area contributed by atoms with Gasteiger partial charge in [0.05, 0.1) is 6.61 Å². The van der Waals surface area contributed by atoms with E-state index in [1.165, 1.54) is 82.6 Å². The molecule has 0 atom stereocenters. The number of hydrogen-bond acceptors (Lipinski definition) is 1. The van der Waals surface area contributed by atoms with Gasteiger partial charge in [0.1, 0.15) is 5.75 Å². The lowest BCUT2D eigenvalue weighted by Gasteiger charge is -2.32. The van der Waals surface area contributed by atoms with Crippen LogP contribution in [0.1, 0.15) is 107 Å². The highest BCUT2D eigenvalue weighted by atomic mass is 16.5. The molecule has 0 radical (unpaired) electrons. The second-order valence-corrected chi connectivity index (χ2v) is 10.9. The van der Waals surface area contributed by atoms with Crippen LogP contribution in [0.4, 0.5) is 0 Å². The molecule has 0 unspecified atom stereocenters. The lowest BCUT2D eigenvalue weighted by atomic mass is 9.74. The Balaban J connectivity index is 1.18. The predicted octanol–water partition coefficient (Wildman–Crippen LogP) is 9.31. The Kier molecular flexibility index (Phi) is 9.94. The molecule has 4 rings (SSSR count). The first-order valence-electron chi connectivity index (χ1n) is 14.2. The molecular formula is C34H44O. The Labute approximate surface area is 214 Å². The molecule has 1 nitrogen and oxygen atoms in total. The van der Waals surface area contributed by atoms with Crippen LogP contribution in [-0.2, 0) is 0 Å². The Hall–Kier alpha value is -2.46. The molecule has 2 aliphatic rings. The Morgan fingerprint density at radius 3 is 1.71 bits per heavy atom. The molecule has 0 aliphatic heterocycles. The van der Waals surface area contributed by atoms with Gasteiger partial charge >= 0.3 is 0 Å². The maximum absolute atomic E-state index is 5.51. The van der Waals surface area contributed by atoms with Gasteiger partial charge in [-0.1, -0.05) is 68.6 Å². The van der Waals surface area contributed by atoms with Gasteiger partial charge < -0.3 is 4.74 Å². The van der Waals surface area contributed by atoms with E-state index in [2.05, 4.69) is 48.8 Å². The predicted molar refractivity (Wildman–Crippen MR) is 149 cm³/mol. The molecule has 35 heavy (non-hydrogen) atoms. The Bertz CT molecular complexity index is 942. The number of rotatable bonds is 9. The first-order chi connectivity index (χ1) is 17.2. The smallest absolute Gasteiger partial charge is 0.119 e. The van der Waals surface area contributed by atoms with Crippen LogP contribution in [0.15, 0.2) is 61.2 Å². The van der Waals surface area contributed by atoms with Crippen LogP contribution >= 0.6 is 0 Å². The van der Waals surface area contributed by atoms with Crippen LogP contribution < -0.4 is 4.74 Å². The highest BCUT2D eigenvalue weighted by molar-refractivity contribution is 5.45. The third-order valence-corrected chi connectivity index (χ3v) is 8.47. The minimum absolute atomic E-state index is 0.691. The normalized spacial score (nSPS) is 24.3. The molecular weight excluding hydrogens is 424 g/mol. The zero-order valence-electron chi connectivity index (χ0n) is 21.8. The van der Waals surface area contributed by atoms with Crippen LogP contribution in [0.3, 0.4) is 0 Å². The highest BCUT2D eigenvalue weighted by Gasteiger charge is 2.25. The van der Waals surface area contributed by atoms with Crippen LogP contribution in [-0.4, -0.2) is 6.61 Å². The van der Waals surface area contributed by atoms with E-state index >= 15 is 0 Å². The summed E-state index contributed by atoms with van der Waals surface area (Å²) < 4.78 is 5.51. The zero-order chi connectivity index (χ0) is 24.3. The Morgan fingerprint density at radius 1 is 0.714 bits per heavy atom. The van der Waals surface area contributed by atoms with Gasteiger partial charge in [-0.05, 0) is 111 Å². The van der Waals surface area contributed by atoms with E-state index in [0.29, 0.717) is 6.61 Å². The summed E-state index contributed by atoms with van der Waals surface area (Å²) in [6, 6.07) is 17.1. The van der Waals surface area contributed by atoms with Crippen molar-refractivity contribution in [3.05, 3.63) is 77.9 Å². The molecule has 0 spiro atoms. The monoisotopic (exact) mass is 468 g/mol. The Morgan fingerprint density at radius 2 is 1.20 bits per heavy atom. The van der Waals surface area contributed by atoms with Crippen molar-refractivity contribution in [2.45, 2.75) is 89.9 Å². The largest absolute Gasteiger partial charge is 0.494 e. The van der Waals surface area contributed by atoms with Crippen molar-refractivity contribution in [1.82, 2.24) is 0 Å². The third kappa shape index (κ3) is 8.03. The fraction of sp³-hybridized carbons (Fsp3) is 0.529. The third-order valence-electron chi connectivity index (χ3n) is 8.47. The maximum Gasteiger partial charge on any atom is 0.119 e. The minimum Gasteiger partial charge on any atom is -0.494 e. The van der Waals surface area contributed by atoms with E-state index in [1.807, 2.05) is 31.2 Å². The molecule has 0 saturated heterocycles. The van der Waals surface area contributed by atoms with Crippen molar-refractivity contribution < 1.29 is 4.74 Å². The summed E-state index contributed by atoms with van der Waals surface area (Å²) in [5.74, 6) is 11.2. The van der Waals surface area contributed by atoms with Gasteiger partial charge in [-0.3, -0.25) is 0 Å². The van der Waals surface area contributed by atoms with E-state index in [4.69, 9.17) is 4.74 Å². The number of allylic oxidation sites excluding steroid dienone is 1. The van der Waals surface area contributed by atoms with E-state index < -0.39 is 0 Å². The second-order valence-electron chi connectivity index (χ2n) is 10.9. The van der Waals surface area contributed by atoms with Crippen molar-refractivity contribution >= 4 is 0 Å². The molecule has 1 heteroatoms. The number of hydrogen-bond donors (Lipinski definition) is 0. The maximum atomic E-state index is 5.51. The highest BCUT2D eigenvalue weighted by Crippen LogP contribution is 2.40. The SMILES string of the molecule is C=CCCC1CCC(CCC2CCC(c3ccc(C#Cc4ccc(OCC)cc4)cc3)CC2)CC1. The van der Waals surface area contributed by atoms with Crippen LogP contribution in [0.25, 0.3) is 0 Å². The van der Waals surface area contributed by atoms with Gasteiger partial charge in [0.15, 0.2) is 0 Å². The van der Waals surface area contributed by atoms with Crippen molar-refractivity contribution in [2.75, 3.05) is 6.61 Å². The summed E-state index contributed by atoms with van der Waals surface area (Å²) in [4.78, 5) is 0. The van der Waals surface area contributed by atoms with E-state index in [1.54, 1.807) is 0 Å². The van der Waals surface area contributed by atoms with Gasteiger partial charge in [0.2, 0.25) is 0 Å². The van der Waals surface area contributed by atoms with Gasteiger partial charge in [-0.15, -0.1) is 6.58 Å². The molecule has 0 amide bonds. The molecule has 2 aromatic rings. The van der Waals surface area contributed by atoms with E-state index in [-0.39, 0.29) is 0 Å². The molecule has 186 valence electrons. The number of benzene rings is 2. The standard InChI is InChI=1S/C34H44O/c1-3-5-6-27-7-9-28(10-8-27)11-12-29-15-21-32(22-16-29)33-23-17-30(18-24-33)13-14-31-19-25-34(26-20-31)35-4-2/h3,17-20,23-29,32H,1,4-12,15-16,21-22H2,2H3. The number of ether oxygens (including phenoxy) is 1. The molecule has 0 bridgehead atoms. The van der Waals surface area contributed by atoms with Crippen LogP contribution in [0, 0.1) is 29.6 Å². The van der Waals surface area contributed by atoms with Crippen LogP contribution in [0.2, 0.25) is 0 Å². The van der Waals surface area contributed by atoms with E-state index in [0.717, 1.165) is 40.5 Å². The van der Waals surface area contributed by atoms with Gasteiger partial charge in [-0.25, -0.2) is 0 Å². The minimum atomic E-state index is 0.691. The summed E-state index contributed by atoms with van der Waals surface area (Å²) in [6.07, 6.45) is 19.0. The first kappa shape index (κ1) is 25.6. The molecule has 0 aromatic heterocycles. The van der Waals surface area contributed by atoms with Crippen molar-refractivity contribution in [1.29, 1.82) is 0 Å². The molecule has 2 aliphatic carbocycles. The van der Waals surface area contributed by atoms with Crippen LogP contribution in [0.5, 0.6) is 5.75 Å². The van der Waals surface area contributed by atoms with Crippen molar-refractivity contribution in [3.8, 4) is 17.6 Å². The molecule has 2 aromatic carbocycles. The summed E-state index contributed by atoms with van der Waals surface area (Å²) in [6.45, 7) is 6.58. The van der Waals surface area contributed by atoms with Gasteiger partial charge in [0, 0.05) is 11.1 Å². The van der Waals surface area contributed by atoms with Gasteiger partial charge in [-0.2, -0.15) is 0 Å². The fourth-order valence-electron chi connectivity index (χ4n) is 6.20. The summed E-state index contributed by atoms with van der Waals surface area (Å²) in [7, 11) is 0. The average Bonchev–Trinajstić information content (AvgIpc) is 2.92. The summed E-state index contributed by atoms with van der Waals surface area (Å²) in [5, 5.41) is 0. The first-order valence-corrected chi connectivity index (χ1v) is 14.2. The van der Waals surface area contributed by atoms with Gasteiger partial charge in [0.25, 0.3) is 0 Å². The van der Waals surface area contributed by atoms with Crippen molar-refractivity contribution in [3.63, 3.8) is 0 Å². The topological polar surface area (TPSA) is 9.23 Å². The van der Waals surface area contributed by atoms with Crippen molar-refractivity contribution in [2.24, 2.45) is 17.8 Å². The quantitative estimate of drug-likeness (QED) is 0.263. The zero-order valence-corrected chi connectivity index (χ0v) is 21.8. The van der Waals surface area contributed by atoms with E-state index in [9.17, 15) is 0 Å². The molecule has 0 heterocycles. The molecule has 2 saturated carbocycles. The average molecular weight is 469 g/mol. The summed E-state index contributed by atoms with van der Waals surface area (Å²) in [5.41, 5.74) is 3.63. The molecule has 0 N–H and O–H groups in total.